The van der Waals surface area contributed by atoms with E-state index in [2.05, 4.69) is 14.8 Å². The minimum absolute atomic E-state index is 0.206. The summed E-state index contributed by atoms with van der Waals surface area (Å²) in [6.45, 7) is 4.08. The molecule has 7 nitrogen and oxygen atoms in total. The summed E-state index contributed by atoms with van der Waals surface area (Å²) >= 11 is 0. The zero-order valence-electron chi connectivity index (χ0n) is 16.2. The first-order valence-corrected chi connectivity index (χ1v) is 11.0. The van der Waals surface area contributed by atoms with Gasteiger partial charge in [0.1, 0.15) is 0 Å². The lowest BCUT2D eigenvalue weighted by Crippen LogP contribution is -2.10. The third-order valence-corrected chi connectivity index (χ3v) is 5.26. The van der Waals surface area contributed by atoms with Crippen LogP contribution in [0.15, 0.2) is 59.8 Å². The highest BCUT2D eigenvalue weighted by Gasteiger charge is 2.10. The van der Waals surface area contributed by atoms with E-state index in [-0.39, 0.29) is 11.5 Å². The Morgan fingerprint density at radius 2 is 1.76 bits per heavy atom. The summed E-state index contributed by atoms with van der Waals surface area (Å²) in [5.41, 5.74) is 2.39. The Bertz CT molecular complexity index is 1410. The molecular weight excluding hydrogens is 388 g/mol. The number of aromatic nitrogens is 3. The quantitative estimate of drug-likeness (QED) is 0.557. The van der Waals surface area contributed by atoms with Gasteiger partial charge in [-0.2, -0.15) is 5.10 Å². The fraction of sp³-hybridized carbons (Fsp3) is 0.190. The van der Waals surface area contributed by atoms with Crippen molar-refractivity contribution in [1.29, 1.82) is 0 Å². The molecule has 148 valence electrons. The monoisotopic (exact) mass is 408 g/mol. The molecule has 29 heavy (non-hydrogen) atoms. The Kier molecular flexibility index (Phi) is 4.58. The van der Waals surface area contributed by atoms with Crippen molar-refractivity contribution < 1.29 is 8.42 Å². The Morgan fingerprint density at radius 3 is 2.45 bits per heavy atom. The van der Waals surface area contributed by atoms with Crippen molar-refractivity contribution in [3.8, 4) is 11.1 Å². The molecule has 0 atom stereocenters. The van der Waals surface area contributed by atoms with Crippen LogP contribution in [-0.2, 0) is 10.0 Å². The zero-order valence-corrected chi connectivity index (χ0v) is 17.1. The number of anilines is 1. The van der Waals surface area contributed by atoms with Crippen LogP contribution in [0.5, 0.6) is 0 Å². The predicted octanol–water partition coefficient (Wildman–Crippen LogP) is 3.56. The van der Waals surface area contributed by atoms with Gasteiger partial charge < -0.3 is 0 Å². The number of hydrogen-bond acceptors (Lipinski definition) is 5. The lowest BCUT2D eigenvalue weighted by molar-refractivity contribution is 0.532. The largest absolute Gasteiger partial charge is 0.289 e. The molecule has 0 saturated carbocycles. The van der Waals surface area contributed by atoms with Gasteiger partial charge >= 0.3 is 0 Å². The van der Waals surface area contributed by atoms with Crippen LogP contribution in [0.3, 0.4) is 0 Å². The second-order valence-corrected chi connectivity index (χ2v) is 9.05. The number of hydrogen-bond donors (Lipinski definition) is 1. The van der Waals surface area contributed by atoms with Gasteiger partial charge in [-0.3, -0.25) is 19.2 Å². The number of sulfonamides is 1. The lowest BCUT2D eigenvalue weighted by Gasteiger charge is -2.04. The Hall–Kier alpha value is -3.26. The van der Waals surface area contributed by atoms with Crippen molar-refractivity contribution in [3.63, 3.8) is 0 Å². The molecule has 0 bridgehead atoms. The normalized spacial score (nSPS) is 12.0. The van der Waals surface area contributed by atoms with Gasteiger partial charge in [0.25, 0.3) is 0 Å². The van der Waals surface area contributed by atoms with Crippen molar-refractivity contribution in [3.05, 3.63) is 65.2 Å². The molecule has 0 aliphatic rings. The number of fused-ring (bicyclic) bond motifs is 2. The first-order valence-electron chi connectivity index (χ1n) is 9.10. The highest BCUT2D eigenvalue weighted by Crippen LogP contribution is 2.24. The summed E-state index contributed by atoms with van der Waals surface area (Å²) < 4.78 is 27.3. The summed E-state index contributed by atoms with van der Waals surface area (Å²) in [4.78, 5) is 17.7. The minimum Gasteiger partial charge on any atom is -0.289 e. The van der Waals surface area contributed by atoms with Crippen LogP contribution < -0.4 is 10.2 Å². The van der Waals surface area contributed by atoms with Gasteiger partial charge in [0, 0.05) is 46.0 Å². The van der Waals surface area contributed by atoms with Crippen LogP contribution in [0.1, 0.15) is 19.9 Å². The molecule has 0 amide bonds. The Morgan fingerprint density at radius 1 is 1.00 bits per heavy atom. The SMILES string of the molecule is CC(C)n1cc(-c2cnc3ccc4ccc(NS(C)(=O)=O)cc4c(=O)c3c2)cn1. The minimum atomic E-state index is -3.44. The van der Waals surface area contributed by atoms with E-state index in [9.17, 15) is 13.2 Å². The topological polar surface area (TPSA) is 94.0 Å². The highest BCUT2D eigenvalue weighted by molar-refractivity contribution is 7.92. The van der Waals surface area contributed by atoms with E-state index < -0.39 is 10.0 Å². The molecule has 2 aromatic carbocycles. The van der Waals surface area contributed by atoms with Crippen LogP contribution in [0.2, 0.25) is 0 Å². The number of nitrogens with zero attached hydrogens (tertiary/aromatic N) is 3. The molecule has 4 aromatic rings. The van der Waals surface area contributed by atoms with E-state index >= 15 is 0 Å². The first-order chi connectivity index (χ1) is 13.7. The summed E-state index contributed by atoms with van der Waals surface area (Å²) in [5.74, 6) is 0. The lowest BCUT2D eigenvalue weighted by atomic mass is 10.1. The maximum atomic E-state index is 13.3. The van der Waals surface area contributed by atoms with Crippen LogP contribution in [0, 0.1) is 0 Å². The molecule has 2 heterocycles. The molecule has 0 radical (unpaired) electrons. The van der Waals surface area contributed by atoms with Crippen molar-refractivity contribution in [2.45, 2.75) is 19.9 Å². The third-order valence-electron chi connectivity index (χ3n) is 4.65. The fourth-order valence-corrected chi connectivity index (χ4v) is 3.76. The zero-order chi connectivity index (χ0) is 20.8. The maximum absolute atomic E-state index is 13.3. The van der Waals surface area contributed by atoms with Crippen LogP contribution in [0.25, 0.3) is 32.8 Å². The molecule has 0 fully saturated rings. The predicted molar refractivity (Wildman–Crippen MR) is 116 cm³/mol. The van der Waals surface area contributed by atoms with E-state index in [1.807, 2.05) is 36.9 Å². The smallest absolute Gasteiger partial charge is 0.229 e. The van der Waals surface area contributed by atoms with E-state index in [1.54, 1.807) is 36.7 Å². The first kappa shape index (κ1) is 19.1. The van der Waals surface area contributed by atoms with Crippen molar-refractivity contribution in [1.82, 2.24) is 14.8 Å². The van der Waals surface area contributed by atoms with Gasteiger partial charge in [-0.05, 0) is 43.5 Å². The molecule has 1 N–H and O–H groups in total. The third kappa shape index (κ3) is 3.84. The van der Waals surface area contributed by atoms with Gasteiger partial charge in [-0.25, -0.2) is 8.42 Å². The molecule has 0 aliphatic carbocycles. The highest BCUT2D eigenvalue weighted by atomic mass is 32.2. The van der Waals surface area contributed by atoms with Gasteiger partial charge in [-0.15, -0.1) is 0 Å². The average Bonchev–Trinajstić information content (AvgIpc) is 3.11. The molecule has 4 rings (SSSR count). The van der Waals surface area contributed by atoms with Gasteiger partial charge in [0.05, 0.1) is 18.0 Å². The average molecular weight is 408 g/mol. The molecule has 0 spiro atoms. The molecule has 8 heteroatoms. The molecular formula is C21H20N4O3S. The van der Waals surface area contributed by atoms with Crippen molar-refractivity contribution in [2.24, 2.45) is 0 Å². The Labute approximate surface area is 168 Å². The number of pyridine rings is 1. The number of rotatable bonds is 4. The van der Waals surface area contributed by atoms with E-state index in [1.165, 1.54) is 0 Å². The van der Waals surface area contributed by atoms with Crippen molar-refractivity contribution in [2.75, 3.05) is 11.0 Å². The summed E-state index contributed by atoms with van der Waals surface area (Å²) in [5, 5.41) is 5.94. The fourth-order valence-electron chi connectivity index (χ4n) is 3.21. The molecule has 2 aromatic heterocycles. The van der Waals surface area contributed by atoms with Gasteiger partial charge in [0.2, 0.25) is 10.0 Å². The number of nitrogens with one attached hydrogen (secondary N) is 1. The van der Waals surface area contributed by atoms with Crippen LogP contribution >= 0.6 is 0 Å². The Balaban J connectivity index is 1.93. The number of benzene rings is 1. The molecule has 0 saturated heterocycles. The summed E-state index contributed by atoms with van der Waals surface area (Å²) in [7, 11) is -3.44. The standard InChI is InChI=1S/C21H20N4O3S/c1-13(2)25-12-16(11-23-25)15-8-19-20(22-10-15)7-5-14-4-6-17(24-29(3,27)28)9-18(14)21(19)26/h4-13,24H,1-3H3. The molecule has 0 unspecified atom stereocenters. The van der Waals surface area contributed by atoms with Gasteiger partial charge in [0.15, 0.2) is 5.43 Å². The molecule has 0 aliphatic heterocycles. The van der Waals surface area contributed by atoms with Gasteiger partial charge in [-0.1, -0.05) is 12.1 Å². The maximum Gasteiger partial charge on any atom is 0.229 e. The summed E-state index contributed by atoms with van der Waals surface area (Å²) in [6.07, 6.45) is 6.48. The van der Waals surface area contributed by atoms with E-state index in [0.717, 1.165) is 17.4 Å². The van der Waals surface area contributed by atoms with Crippen LogP contribution in [-0.4, -0.2) is 29.4 Å². The van der Waals surface area contributed by atoms with Crippen molar-refractivity contribution >= 4 is 37.4 Å². The van der Waals surface area contributed by atoms with E-state index in [0.29, 0.717) is 27.4 Å². The van der Waals surface area contributed by atoms with E-state index in [4.69, 9.17) is 0 Å². The van der Waals surface area contributed by atoms with Crippen LogP contribution in [0.4, 0.5) is 5.69 Å². The second kappa shape index (κ2) is 6.97. The second-order valence-electron chi connectivity index (χ2n) is 7.30. The summed E-state index contributed by atoms with van der Waals surface area (Å²) in [6, 6.07) is 10.6.